The maximum absolute atomic E-state index is 12.5. The van der Waals surface area contributed by atoms with Gasteiger partial charge in [-0.3, -0.25) is 4.79 Å². The predicted molar refractivity (Wildman–Crippen MR) is 79.9 cm³/mol. The van der Waals surface area contributed by atoms with Crippen molar-refractivity contribution in [2.24, 2.45) is 0 Å². The summed E-state index contributed by atoms with van der Waals surface area (Å²) in [6, 6.07) is 5.83. The highest BCUT2D eigenvalue weighted by molar-refractivity contribution is 14.1. The molecule has 1 aromatic carbocycles. The number of hydrogen-bond acceptors (Lipinski definition) is 2. The maximum Gasteiger partial charge on any atom is 0.264 e. The second-order valence-corrected chi connectivity index (χ2v) is 5.89. The zero-order valence-corrected chi connectivity index (χ0v) is 12.5. The van der Waals surface area contributed by atoms with E-state index in [1.807, 2.05) is 22.6 Å². The van der Waals surface area contributed by atoms with E-state index in [0.29, 0.717) is 20.9 Å². The van der Waals surface area contributed by atoms with Crippen LogP contribution in [0.3, 0.4) is 0 Å². The van der Waals surface area contributed by atoms with Crippen LogP contribution in [-0.2, 0) is 0 Å². The van der Waals surface area contributed by atoms with Gasteiger partial charge < -0.3 is 4.98 Å². The first-order chi connectivity index (χ1) is 9.56. The Balaban J connectivity index is 2.03. The fourth-order valence-corrected chi connectivity index (χ4v) is 2.72. The van der Waals surface area contributed by atoms with E-state index >= 15 is 0 Å². The number of alkyl halides is 2. The van der Waals surface area contributed by atoms with E-state index < -0.39 is 6.43 Å². The summed E-state index contributed by atoms with van der Waals surface area (Å²) in [4.78, 5) is 19.1. The van der Waals surface area contributed by atoms with E-state index in [1.54, 1.807) is 12.1 Å². The number of hydrogen-bond donors (Lipinski definition) is 1. The molecule has 1 aliphatic carbocycles. The molecule has 1 heterocycles. The van der Waals surface area contributed by atoms with Crippen LogP contribution in [0.15, 0.2) is 29.1 Å². The highest BCUT2D eigenvalue weighted by atomic mass is 127. The van der Waals surface area contributed by atoms with Crippen molar-refractivity contribution in [3.8, 4) is 11.4 Å². The van der Waals surface area contributed by atoms with Crippen LogP contribution in [0.2, 0.25) is 0 Å². The molecule has 1 aromatic heterocycles. The third-order valence-corrected chi connectivity index (χ3v) is 4.33. The third kappa shape index (κ3) is 2.61. The molecule has 1 fully saturated rings. The molecule has 3 rings (SSSR count). The van der Waals surface area contributed by atoms with Crippen LogP contribution in [0, 0.1) is 3.57 Å². The van der Waals surface area contributed by atoms with Gasteiger partial charge in [-0.1, -0.05) is 24.3 Å². The summed E-state index contributed by atoms with van der Waals surface area (Å²) >= 11 is 2.00. The largest absolute Gasteiger partial charge is 0.306 e. The quantitative estimate of drug-likeness (QED) is 0.812. The van der Waals surface area contributed by atoms with E-state index in [0.717, 1.165) is 18.5 Å². The van der Waals surface area contributed by atoms with Crippen molar-refractivity contribution in [2.75, 3.05) is 0 Å². The van der Waals surface area contributed by atoms with Gasteiger partial charge in [0.2, 0.25) is 0 Å². The molecule has 104 valence electrons. The smallest absolute Gasteiger partial charge is 0.264 e. The summed E-state index contributed by atoms with van der Waals surface area (Å²) in [5.74, 6) is 0.807. The number of rotatable bonds is 3. The Morgan fingerprint density at radius 1 is 1.25 bits per heavy atom. The lowest BCUT2D eigenvalue weighted by Crippen LogP contribution is -2.15. The van der Waals surface area contributed by atoms with Gasteiger partial charge in [0.25, 0.3) is 12.0 Å². The summed E-state index contributed by atoms with van der Waals surface area (Å²) in [5, 5.41) is 0. The summed E-state index contributed by atoms with van der Waals surface area (Å²) in [6.07, 6.45) is -0.387. The van der Waals surface area contributed by atoms with Gasteiger partial charge in [0.1, 0.15) is 5.82 Å². The molecule has 0 bridgehead atoms. The number of nitrogens with zero attached hydrogens (tertiary/aromatic N) is 1. The lowest BCUT2D eigenvalue weighted by molar-refractivity contribution is 0.151. The molecule has 0 atom stereocenters. The fourth-order valence-electron chi connectivity index (χ4n) is 2.03. The van der Waals surface area contributed by atoms with Crippen LogP contribution >= 0.6 is 22.6 Å². The minimum atomic E-state index is -2.49. The fraction of sp³-hybridized carbons (Fsp3) is 0.286. The van der Waals surface area contributed by atoms with Crippen molar-refractivity contribution >= 4 is 22.6 Å². The zero-order valence-electron chi connectivity index (χ0n) is 10.4. The number of aromatic amines is 1. The van der Waals surface area contributed by atoms with E-state index in [1.165, 1.54) is 12.1 Å². The van der Waals surface area contributed by atoms with Crippen molar-refractivity contribution in [1.82, 2.24) is 9.97 Å². The van der Waals surface area contributed by atoms with Crippen molar-refractivity contribution in [1.29, 1.82) is 0 Å². The normalized spacial score (nSPS) is 14.8. The summed E-state index contributed by atoms with van der Waals surface area (Å²) in [5.41, 5.74) is 1.26. The first-order valence-electron chi connectivity index (χ1n) is 6.24. The van der Waals surface area contributed by atoms with Crippen molar-refractivity contribution in [3.63, 3.8) is 0 Å². The molecule has 0 saturated heterocycles. The lowest BCUT2D eigenvalue weighted by atomic mass is 10.1. The average Bonchev–Trinajstić information content (AvgIpc) is 3.26. The highest BCUT2D eigenvalue weighted by Gasteiger charge is 2.29. The second-order valence-electron chi connectivity index (χ2n) is 4.81. The van der Waals surface area contributed by atoms with Crippen molar-refractivity contribution < 1.29 is 8.78 Å². The Morgan fingerprint density at radius 3 is 2.45 bits per heavy atom. The van der Waals surface area contributed by atoms with Gasteiger partial charge in [0.05, 0.1) is 9.26 Å². The second kappa shape index (κ2) is 5.23. The molecule has 1 saturated carbocycles. The molecule has 0 aliphatic heterocycles. The number of H-pyrrole nitrogens is 1. The molecule has 2 aromatic rings. The van der Waals surface area contributed by atoms with Gasteiger partial charge in [0, 0.05) is 17.0 Å². The molecule has 0 unspecified atom stereocenters. The Bertz CT molecular complexity index is 693. The van der Waals surface area contributed by atoms with E-state index in [9.17, 15) is 13.6 Å². The predicted octanol–water partition coefficient (Wildman–Crippen LogP) is 3.86. The Kier molecular flexibility index (Phi) is 3.57. The average molecular weight is 388 g/mol. The van der Waals surface area contributed by atoms with E-state index in [4.69, 9.17) is 0 Å². The summed E-state index contributed by atoms with van der Waals surface area (Å²) in [6.45, 7) is 0. The standard InChI is InChI=1S/C14H11F2IN2O/c15-12(16)8-3-5-9(6-4-8)13-18-11(7-1-2-7)10(17)14(20)19-13/h3-7,12H,1-2H2,(H,18,19,20). The van der Waals surface area contributed by atoms with Crippen molar-refractivity contribution in [2.45, 2.75) is 25.2 Å². The molecule has 0 spiro atoms. The molecule has 1 N–H and O–H groups in total. The first-order valence-corrected chi connectivity index (χ1v) is 7.32. The van der Waals surface area contributed by atoms with Crippen LogP contribution in [-0.4, -0.2) is 9.97 Å². The van der Waals surface area contributed by atoms with E-state index in [2.05, 4.69) is 9.97 Å². The molecular weight excluding hydrogens is 377 g/mol. The van der Waals surface area contributed by atoms with Crippen LogP contribution in [0.1, 0.15) is 36.4 Å². The Hall–Kier alpha value is -1.31. The monoisotopic (exact) mass is 388 g/mol. The Morgan fingerprint density at radius 2 is 1.90 bits per heavy atom. The van der Waals surface area contributed by atoms with Gasteiger partial charge in [-0.05, 0) is 35.4 Å². The summed E-state index contributed by atoms with van der Waals surface area (Å²) in [7, 11) is 0. The van der Waals surface area contributed by atoms with Crippen LogP contribution < -0.4 is 5.56 Å². The van der Waals surface area contributed by atoms with Crippen LogP contribution in [0.25, 0.3) is 11.4 Å². The Labute approximate surface area is 127 Å². The number of halogens is 3. The van der Waals surface area contributed by atoms with Gasteiger partial charge in [-0.25, -0.2) is 13.8 Å². The maximum atomic E-state index is 12.5. The van der Waals surface area contributed by atoms with Gasteiger partial charge in [0.15, 0.2) is 0 Å². The molecule has 0 amide bonds. The SMILES string of the molecule is O=c1[nH]c(-c2ccc(C(F)F)cc2)nc(C2CC2)c1I. The minimum Gasteiger partial charge on any atom is -0.306 e. The van der Waals surface area contributed by atoms with Gasteiger partial charge in [-0.2, -0.15) is 0 Å². The molecule has 6 heteroatoms. The lowest BCUT2D eigenvalue weighted by Gasteiger charge is -2.07. The van der Waals surface area contributed by atoms with Crippen molar-refractivity contribution in [3.05, 3.63) is 49.4 Å². The molecular formula is C14H11F2IN2O. The third-order valence-electron chi connectivity index (χ3n) is 3.29. The number of aromatic nitrogens is 2. The van der Waals surface area contributed by atoms with Gasteiger partial charge in [-0.15, -0.1) is 0 Å². The number of nitrogens with one attached hydrogen (secondary N) is 1. The van der Waals surface area contributed by atoms with E-state index in [-0.39, 0.29) is 11.1 Å². The molecule has 1 aliphatic rings. The number of benzene rings is 1. The molecule has 3 nitrogen and oxygen atoms in total. The summed E-state index contributed by atoms with van der Waals surface area (Å²) < 4.78 is 25.7. The van der Waals surface area contributed by atoms with Crippen LogP contribution in [0.4, 0.5) is 8.78 Å². The van der Waals surface area contributed by atoms with Gasteiger partial charge >= 0.3 is 0 Å². The first kappa shape index (κ1) is 13.7. The highest BCUT2D eigenvalue weighted by Crippen LogP contribution is 2.40. The molecule has 20 heavy (non-hydrogen) atoms. The minimum absolute atomic E-state index is 0.0379. The zero-order chi connectivity index (χ0) is 14.3. The van der Waals surface area contributed by atoms with Crippen LogP contribution in [0.5, 0.6) is 0 Å². The topological polar surface area (TPSA) is 45.8 Å². The molecule has 0 radical (unpaired) electrons.